The monoisotopic (exact) mass is 407 g/mol. The molecule has 0 N–H and O–H groups in total. The smallest absolute Gasteiger partial charge is 0.376 e. The molecule has 0 saturated heterocycles. The summed E-state index contributed by atoms with van der Waals surface area (Å²) in [6.07, 6.45) is -2.69. The third-order valence-corrected chi connectivity index (χ3v) is 4.15. The molecule has 5 nitrogen and oxygen atoms in total. The Kier molecular flexibility index (Phi) is 6.91. The zero-order chi connectivity index (χ0) is 20.2. The van der Waals surface area contributed by atoms with Gasteiger partial charge < -0.3 is 9.08 Å². The maximum Gasteiger partial charge on any atom is 0.534 e. The Hall–Kier alpha value is -1.98. The summed E-state index contributed by atoms with van der Waals surface area (Å²) in [5.74, 6) is -0.336. The lowest BCUT2D eigenvalue weighted by atomic mass is 10.0. The van der Waals surface area contributed by atoms with Gasteiger partial charge in [-0.15, -0.1) is 0 Å². The molecule has 1 heterocycles. The normalized spacial score (nSPS) is 15.3. The van der Waals surface area contributed by atoms with Gasteiger partial charge >= 0.3 is 21.8 Å². The van der Waals surface area contributed by atoms with E-state index < -0.39 is 21.8 Å². The van der Waals surface area contributed by atoms with Gasteiger partial charge in [-0.2, -0.15) is 34.8 Å². The Morgan fingerprint density at radius 1 is 1.08 bits per heavy atom. The van der Waals surface area contributed by atoms with Crippen LogP contribution in [0.2, 0.25) is 0 Å². The van der Waals surface area contributed by atoms with E-state index in [1.165, 1.54) is 17.0 Å². The average molecular weight is 407 g/mol. The van der Waals surface area contributed by atoms with E-state index in [4.69, 9.17) is 0 Å². The van der Waals surface area contributed by atoms with Crippen LogP contribution in [0.3, 0.4) is 0 Å². The Bertz CT molecular complexity index is 724. The molecule has 1 aromatic rings. The van der Waals surface area contributed by atoms with Gasteiger partial charge in [-0.1, -0.05) is 12.1 Å². The van der Waals surface area contributed by atoms with Crippen molar-refractivity contribution in [3.05, 3.63) is 29.3 Å². The summed E-state index contributed by atoms with van der Waals surface area (Å²) in [6, 6.07) is 4.28. The number of halogens is 6. The van der Waals surface area contributed by atoms with Crippen molar-refractivity contribution in [1.82, 2.24) is 4.90 Å². The van der Waals surface area contributed by atoms with Crippen molar-refractivity contribution in [3.63, 3.8) is 0 Å². The number of alkyl halides is 6. The van der Waals surface area contributed by atoms with Crippen molar-refractivity contribution in [2.24, 2.45) is 0 Å². The van der Waals surface area contributed by atoms with Crippen molar-refractivity contribution in [2.75, 3.05) is 13.1 Å². The largest absolute Gasteiger partial charge is 0.534 e. The standard InChI is InChI=1S/C12H12F3NO4S.C2H3F3/c13-12(14,15)21(18,19)20-11-3-1-2-9-4-6-16(8-17)7-5-10(9)11;1-2(3,4)5/h1-3,8H,4-7H2;1H3. The summed E-state index contributed by atoms with van der Waals surface area (Å²) in [5, 5.41) is 0. The van der Waals surface area contributed by atoms with Crippen LogP contribution in [-0.4, -0.2) is 44.5 Å². The number of rotatable bonds is 3. The topological polar surface area (TPSA) is 63.7 Å². The second-order valence-corrected chi connectivity index (χ2v) is 6.84. The highest BCUT2D eigenvalue weighted by Crippen LogP contribution is 2.31. The van der Waals surface area contributed by atoms with Gasteiger partial charge in [-0.05, 0) is 24.5 Å². The minimum absolute atomic E-state index is 0.188. The maximum absolute atomic E-state index is 12.4. The van der Waals surface area contributed by atoms with E-state index in [9.17, 15) is 39.6 Å². The summed E-state index contributed by atoms with van der Waals surface area (Å²) in [4.78, 5) is 12.2. The van der Waals surface area contributed by atoms with Crippen LogP contribution in [0.15, 0.2) is 18.2 Å². The maximum atomic E-state index is 12.4. The molecule has 0 unspecified atom stereocenters. The molecule has 0 aliphatic carbocycles. The number of hydrogen-bond acceptors (Lipinski definition) is 4. The highest BCUT2D eigenvalue weighted by Gasteiger charge is 2.48. The number of amides is 1. The van der Waals surface area contributed by atoms with E-state index in [-0.39, 0.29) is 19.1 Å². The van der Waals surface area contributed by atoms with Gasteiger partial charge in [0, 0.05) is 25.6 Å². The SMILES string of the molecule is CC(F)(F)F.O=CN1CCc2cccc(OS(=O)(=O)C(F)(F)F)c2CC1. The van der Waals surface area contributed by atoms with E-state index in [0.29, 0.717) is 37.0 Å². The Labute approximate surface area is 145 Å². The highest BCUT2D eigenvalue weighted by molar-refractivity contribution is 7.88. The van der Waals surface area contributed by atoms with Crippen LogP contribution in [0.4, 0.5) is 26.3 Å². The average Bonchev–Trinajstić information content (AvgIpc) is 2.67. The Morgan fingerprint density at radius 2 is 1.62 bits per heavy atom. The number of nitrogens with zero attached hydrogens (tertiary/aromatic N) is 1. The molecule has 1 aliphatic heterocycles. The van der Waals surface area contributed by atoms with Crippen molar-refractivity contribution < 1.29 is 43.7 Å². The molecule has 148 valence electrons. The third kappa shape index (κ3) is 6.73. The molecule has 0 bridgehead atoms. The Morgan fingerprint density at radius 3 is 2.12 bits per heavy atom. The molecule has 12 heteroatoms. The Balaban J connectivity index is 0.000000597. The molecule has 0 spiro atoms. The molecular weight excluding hydrogens is 392 g/mol. The third-order valence-electron chi connectivity index (χ3n) is 3.18. The van der Waals surface area contributed by atoms with Crippen molar-refractivity contribution in [3.8, 4) is 5.75 Å². The summed E-state index contributed by atoms with van der Waals surface area (Å²) >= 11 is 0. The van der Waals surface area contributed by atoms with Gasteiger partial charge in [0.05, 0.1) is 0 Å². The first-order valence-corrected chi connectivity index (χ1v) is 8.53. The van der Waals surface area contributed by atoms with Crippen LogP contribution in [-0.2, 0) is 27.8 Å². The molecular formula is C14H15F6NO4S. The number of carbonyl (C=O) groups excluding carboxylic acids is 1. The van der Waals surface area contributed by atoms with Gasteiger partial charge in [0.1, 0.15) is 5.75 Å². The fourth-order valence-electron chi connectivity index (χ4n) is 2.11. The molecule has 0 radical (unpaired) electrons. The first kappa shape index (κ1) is 22.1. The molecule has 1 amide bonds. The summed E-state index contributed by atoms with van der Waals surface area (Å²) in [5.41, 5.74) is -4.42. The quantitative estimate of drug-likeness (QED) is 0.335. The van der Waals surface area contributed by atoms with Crippen LogP contribution in [0.25, 0.3) is 0 Å². The van der Waals surface area contributed by atoms with Crippen LogP contribution in [0.5, 0.6) is 5.75 Å². The molecule has 1 aromatic carbocycles. The van der Waals surface area contributed by atoms with E-state index in [0.717, 1.165) is 0 Å². The van der Waals surface area contributed by atoms with Gasteiger partial charge in [-0.3, -0.25) is 4.79 Å². The number of hydrogen-bond donors (Lipinski definition) is 0. The lowest BCUT2D eigenvalue weighted by molar-refractivity contribution is -0.118. The van der Waals surface area contributed by atoms with E-state index >= 15 is 0 Å². The van der Waals surface area contributed by atoms with Crippen LogP contribution >= 0.6 is 0 Å². The van der Waals surface area contributed by atoms with Gasteiger partial charge in [0.15, 0.2) is 0 Å². The lowest BCUT2D eigenvalue weighted by Gasteiger charge is -2.14. The zero-order valence-corrected chi connectivity index (χ0v) is 14.2. The van der Waals surface area contributed by atoms with Gasteiger partial charge in [-0.25, -0.2) is 0 Å². The van der Waals surface area contributed by atoms with Crippen LogP contribution < -0.4 is 4.18 Å². The van der Waals surface area contributed by atoms with Crippen molar-refractivity contribution in [1.29, 1.82) is 0 Å². The van der Waals surface area contributed by atoms with Crippen LogP contribution in [0, 0.1) is 0 Å². The molecule has 2 rings (SSSR count). The summed E-state index contributed by atoms with van der Waals surface area (Å²) in [7, 11) is -5.70. The molecule has 1 aliphatic rings. The van der Waals surface area contributed by atoms with E-state index in [2.05, 4.69) is 4.18 Å². The second kappa shape index (κ2) is 8.14. The van der Waals surface area contributed by atoms with Crippen LogP contribution in [0.1, 0.15) is 18.1 Å². The predicted octanol–water partition coefficient (Wildman–Crippen LogP) is 3.04. The predicted molar refractivity (Wildman–Crippen MR) is 78.8 cm³/mol. The first-order valence-electron chi connectivity index (χ1n) is 7.12. The molecule has 0 aromatic heterocycles. The van der Waals surface area contributed by atoms with Crippen molar-refractivity contribution in [2.45, 2.75) is 31.5 Å². The molecule has 26 heavy (non-hydrogen) atoms. The lowest BCUT2D eigenvalue weighted by Crippen LogP contribution is -2.28. The second-order valence-electron chi connectivity index (χ2n) is 5.30. The van der Waals surface area contributed by atoms with E-state index in [1.807, 2.05) is 0 Å². The first-order chi connectivity index (χ1) is 11.7. The number of benzene rings is 1. The minimum atomic E-state index is -5.70. The van der Waals surface area contributed by atoms with Crippen molar-refractivity contribution >= 4 is 16.5 Å². The molecule has 0 atom stereocenters. The fourth-order valence-corrected chi connectivity index (χ4v) is 2.60. The molecule has 0 fully saturated rings. The number of fused-ring (bicyclic) bond motifs is 1. The molecule has 0 saturated carbocycles. The highest BCUT2D eigenvalue weighted by atomic mass is 32.2. The zero-order valence-electron chi connectivity index (χ0n) is 13.4. The fraction of sp³-hybridized carbons (Fsp3) is 0.500. The summed E-state index contributed by atoms with van der Waals surface area (Å²) in [6.45, 7) is 0.905. The minimum Gasteiger partial charge on any atom is -0.376 e. The van der Waals surface area contributed by atoms with E-state index in [1.54, 1.807) is 6.07 Å². The summed E-state index contributed by atoms with van der Waals surface area (Å²) < 4.78 is 94.6. The number of carbonyl (C=O) groups is 1. The van der Waals surface area contributed by atoms with Gasteiger partial charge in [0.25, 0.3) is 0 Å². The van der Waals surface area contributed by atoms with Gasteiger partial charge in [0.2, 0.25) is 6.41 Å².